The molecule has 74 valence electrons. The first-order chi connectivity index (χ1) is 7.40. The Morgan fingerprint density at radius 1 is 1.40 bits per heavy atom. The number of ether oxygens (including phenoxy) is 1. The Kier molecular flexibility index (Phi) is 1.75. The lowest BCUT2D eigenvalue weighted by molar-refractivity contribution is 0.344. The van der Waals surface area contributed by atoms with Gasteiger partial charge in [0.1, 0.15) is 0 Å². The highest BCUT2D eigenvalue weighted by molar-refractivity contribution is 5.77. The summed E-state index contributed by atoms with van der Waals surface area (Å²) < 4.78 is 5.43. The number of fused-ring (bicyclic) bond motifs is 3. The molecule has 2 heterocycles. The molecule has 3 nitrogen and oxygen atoms in total. The van der Waals surface area contributed by atoms with Crippen LogP contribution in [-0.2, 0) is 12.8 Å². The highest BCUT2D eigenvalue weighted by Crippen LogP contribution is 2.39. The van der Waals surface area contributed by atoms with Crippen LogP contribution in [0.15, 0.2) is 12.3 Å². The predicted molar refractivity (Wildman–Crippen MR) is 55.3 cm³/mol. The fourth-order valence-electron chi connectivity index (χ4n) is 2.39. The van der Waals surface area contributed by atoms with Crippen LogP contribution >= 0.6 is 0 Å². The number of pyridine rings is 1. The first-order valence-electron chi connectivity index (χ1n) is 5.12. The third-order valence-electron chi connectivity index (χ3n) is 3.03. The summed E-state index contributed by atoms with van der Waals surface area (Å²) in [6.45, 7) is 0.721. The van der Waals surface area contributed by atoms with Gasteiger partial charge in [-0.05, 0) is 29.5 Å². The summed E-state index contributed by atoms with van der Waals surface area (Å²) in [7, 11) is 0. The lowest BCUT2D eigenvalue weighted by atomic mass is 10.0. The molecule has 15 heavy (non-hydrogen) atoms. The van der Waals surface area contributed by atoms with Gasteiger partial charge in [-0.2, -0.15) is 5.26 Å². The topological polar surface area (TPSA) is 45.9 Å². The molecule has 0 radical (unpaired) electrons. The van der Waals surface area contributed by atoms with Crippen LogP contribution in [0.5, 0.6) is 5.88 Å². The number of hydrogen-bond donors (Lipinski definition) is 0. The average molecular weight is 198 g/mol. The number of rotatable bonds is 0. The number of nitrogens with zero attached hydrogens (tertiary/aromatic N) is 2. The third kappa shape index (κ3) is 1.15. The molecular formula is C12H10N2O. The van der Waals surface area contributed by atoms with E-state index in [1.54, 1.807) is 6.08 Å². The second-order valence-corrected chi connectivity index (χ2v) is 3.84. The van der Waals surface area contributed by atoms with Crippen molar-refractivity contribution in [3.8, 4) is 11.9 Å². The maximum atomic E-state index is 8.73. The molecule has 0 amide bonds. The Morgan fingerprint density at radius 3 is 3.20 bits per heavy atom. The molecule has 3 rings (SSSR count). The van der Waals surface area contributed by atoms with Crippen molar-refractivity contribution in [2.45, 2.75) is 19.3 Å². The van der Waals surface area contributed by atoms with Crippen LogP contribution < -0.4 is 4.74 Å². The largest absolute Gasteiger partial charge is 0.477 e. The monoisotopic (exact) mass is 198 g/mol. The minimum atomic E-state index is 0.721. The van der Waals surface area contributed by atoms with E-state index in [0.717, 1.165) is 37.3 Å². The van der Waals surface area contributed by atoms with Gasteiger partial charge in [0.05, 0.1) is 12.7 Å². The minimum Gasteiger partial charge on any atom is -0.477 e. The standard InChI is InChI=1S/C12H10N2O/c13-5-3-8-1-2-9-7-14-12-10(11(8)9)4-6-15-12/h3,7H,1-2,4,6H2/b8-3-. The van der Waals surface area contributed by atoms with E-state index in [1.165, 1.54) is 16.7 Å². The molecule has 0 unspecified atom stereocenters. The van der Waals surface area contributed by atoms with Gasteiger partial charge in [0.15, 0.2) is 0 Å². The molecular weight excluding hydrogens is 188 g/mol. The fraction of sp³-hybridized carbons (Fsp3) is 0.333. The van der Waals surface area contributed by atoms with E-state index in [-0.39, 0.29) is 0 Å². The summed E-state index contributed by atoms with van der Waals surface area (Å²) in [6.07, 6.45) is 6.43. The van der Waals surface area contributed by atoms with Crippen molar-refractivity contribution in [1.29, 1.82) is 5.26 Å². The quantitative estimate of drug-likeness (QED) is 0.598. The van der Waals surface area contributed by atoms with Gasteiger partial charge in [-0.25, -0.2) is 4.98 Å². The molecule has 0 N–H and O–H groups in total. The average Bonchev–Trinajstić information content (AvgIpc) is 2.83. The highest BCUT2D eigenvalue weighted by Gasteiger charge is 2.26. The molecule has 0 fully saturated rings. The van der Waals surface area contributed by atoms with Crippen LogP contribution in [0.1, 0.15) is 23.1 Å². The van der Waals surface area contributed by atoms with E-state index < -0.39 is 0 Å². The van der Waals surface area contributed by atoms with Crippen molar-refractivity contribution in [1.82, 2.24) is 4.98 Å². The SMILES string of the molecule is N#C/C=C1/CCc2cnc3c(c21)CCO3. The van der Waals surface area contributed by atoms with Crippen LogP contribution in [0.25, 0.3) is 5.57 Å². The molecule has 0 saturated carbocycles. The smallest absolute Gasteiger partial charge is 0.217 e. The molecule has 0 aromatic carbocycles. The lowest BCUT2D eigenvalue weighted by Gasteiger charge is -2.05. The van der Waals surface area contributed by atoms with E-state index in [0.29, 0.717) is 0 Å². The number of hydrogen-bond acceptors (Lipinski definition) is 3. The Hall–Kier alpha value is -1.82. The van der Waals surface area contributed by atoms with E-state index >= 15 is 0 Å². The number of aromatic nitrogens is 1. The van der Waals surface area contributed by atoms with Gasteiger partial charge in [0.25, 0.3) is 0 Å². The molecule has 0 bridgehead atoms. The molecule has 2 aliphatic rings. The first kappa shape index (κ1) is 8.49. The number of aryl methyl sites for hydroxylation is 1. The molecule has 1 aliphatic carbocycles. The molecule has 0 spiro atoms. The van der Waals surface area contributed by atoms with E-state index in [9.17, 15) is 0 Å². The zero-order valence-corrected chi connectivity index (χ0v) is 8.29. The van der Waals surface area contributed by atoms with Crippen LogP contribution in [0.3, 0.4) is 0 Å². The van der Waals surface area contributed by atoms with Gasteiger partial charge in [-0.1, -0.05) is 0 Å². The second kappa shape index (κ2) is 3.09. The van der Waals surface area contributed by atoms with Crippen molar-refractivity contribution in [3.63, 3.8) is 0 Å². The summed E-state index contributed by atoms with van der Waals surface area (Å²) in [4.78, 5) is 4.29. The van der Waals surface area contributed by atoms with Crippen LogP contribution in [0, 0.1) is 11.3 Å². The predicted octanol–water partition coefficient (Wildman–Crippen LogP) is 1.87. The third-order valence-corrected chi connectivity index (χ3v) is 3.03. The summed E-state index contributed by atoms with van der Waals surface area (Å²) in [5.74, 6) is 0.763. The zero-order valence-electron chi connectivity index (χ0n) is 8.29. The van der Waals surface area contributed by atoms with Crippen molar-refractivity contribution in [2.24, 2.45) is 0 Å². The van der Waals surface area contributed by atoms with Gasteiger partial charge in [0, 0.05) is 24.3 Å². The molecule has 0 atom stereocenters. The fourth-order valence-corrected chi connectivity index (χ4v) is 2.39. The number of nitriles is 1. The Morgan fingerprint density at radius 2 is 2.33 bits per heavy atom. The molecule has 1 aliphatic heterocycles. The maximum absolute atomic E-state index is 8.73. The van der Waals surface area contributed by atoms with Crippen molar-refractivity contribution in [3.05, 3.63) is 29.0 Å². The van der Waals surface area contributed by atoms with Crippen molar-refractivity contribution >= 4 is 5.57 Å². The Bertz CT molecular complexity index is 497. The zero-order chi connectivity index (χ0) is 10.3. The van der Waals surface area contributed by atoms with Gasteiger partial charge >= 0.3 is 0 Å². The normalized spacial score (nSPS) is 19.5. The molecule has 0 saturated heterocycles. The summed E-state index contributed by atoms with van der Waals surface area (Å²) in [6, 6.07) is 2.12. The first-order valence-corrected chi connectivity index (χ1v) is 5.12. The van der Waals surface area contributed by atoms with Crippen LogP contribution in [0.4, 0.5) is 0 Å². The Balaban J connectivity index is 2.23. The van der Waals surface area contributed by atoms with Gasteiger partial charge in [-0.15, -0.1) is 0 Å². The van der Waals surface area contributed by atoms with Gasteiger partial charge < -0.3 is 4.74 Å². The van der Waals surface area contributed by atoms with E-state index in [2.05, 4.69) is 11.1 Å². The van der Waals surface area contributed by atoms with Crippen molar-refractivity contribution in [2.75, 3.05) is 6.61 Å². The van der Waals surface area contributed by atoms with E-state index in [4.69, 9.17) is 10.00 Å². The van der Waals surface area contributed by atoms with Crippen LogP contribution in [0.2, 0.25) is 0 Å². The molecule has 1 aromatic rings. The van der Waals surface area contributed by atoms with Gasteiger partial charge in [0.2, 0.25) is 5.88 Å². The lowest BCUT2D eigenvalue weighted by Crippen LogP contribution is -1.91. The summed E-state index contributed by atoms with van der Waals surface area (Å²) >= 11 is 0. The second-order valence-electron chi connectivity index (χ2n) is 3.84. The summed E-state index contributed by atoms with van der Waals surface area (Å²) in [5, 5.41) is 8.73. The number of allylic oxidation sites excluding steroid dienone is 2. The van der Waals surface area contributed by atoms with E-state index in [1.807, 2.05) is 6.20 Å². The summed E-state index contributed by atoms with van der Waals surface area (Å²) in [5.41, 5.74) is 4.85. The van der Waals surface area contributed by atoms with Crippen LogP contribution in [-0.4, -0.2) is 11.6 Å². The molecule has 1 aromatic heterocycles. The molecule has 3 heteroatoms. The highest BCUT2D eigenvalue weighted by atomic mass is 16.5. The Labute approximate surface area is 88.0 Å². The van der Waals surface area contributed by atoms with Crippen molar-refractivity contribution < 1.29 is 4.74 Å². The van der Waals surface area contributed by atoms with Gasteiger partial charge in [-0.3, -0.25) is 0 Å². The maximum Gasteiger partial charge on any atom is 0.217 e. The minimum absolute atomic E-state index is 0.721.